The average molecular weight is 282 g/mol. The first kappa shape index (κ1) is 14.3. The zero-order valence-electron chi connectivity index (χ0n) is 11.2. The number of nitrogens with one attached hydrogen (secondary N) is 3. The minimum Gasteiger partial charge on any atom is -0.480 e. The summed E-state index contributed by atoms with van der Waals surface area (Å²) < 4.78 is 5.15. The molecule has 0 aliphatic carbocycles. The Morgan fingerprint density at radius 3 is 2.75 bits per heavy atom. The van der Waals surface area contributed by atoms with Gasteiger partial charge in [-0.05, 0) is 6.92 Å². The van der Waals surface area contributed by atoms with Gasteiger partial charge in [0.1, 0.15) is 5.54 Å². The Labute approximate surface area is 115 Å². The van der Waals surface area contributed by atoms with E-state index in [4.69, 9.17) is 4.74 Å². The van der Waals surface area contributed by atoms with E-state index in [9.17, 15) is 14.7 Å². The van der Waals surface area contributed by atoms with Crippen molar-refractivity contribution in [1.29, 1.82) is 0 Å². The van der Waals surface area contributed by atoms with Crippen molar-refractivity contribution in [3.05, 3.63) is 18.0 Å². The van der Waals surface area contributed by atoms with Crippen LogP contribution < -0.4 is 10.6 Å². The average Bonchev–Trinajstić information content (AvgIpc) is 2.93. The van der Waals surface area contributed by atoms with Crippen molar-refractivity contribution in [2.75, 3.05) is 13.2 Å². The molecule has 110 valence electrons. The Morgan fingerprint density at radius 1 is 1.50 bits per heavy atom. The number of carboxylic acids is 1. The Balaban J connectivity index is 1.97. The third-order valence-electron chi connectivity index (χ3n) is 3.48. The monoisotopic (exact) mass is 282 g/mol. The van der Waals surface area contributed by atoms with Crippen LogP contribution in [0.5, 0.6) is 0 Å². The molecule has 4 N–H and O–H groups in total. The summed E-state index contributed by atoms with van der Waals surface area (Å²) in [6.45, 7) is 2.44. The molecule has 1 aliphatic rings. The van der Waals surface area contributed by atoms with Gasteiger partial charge in [-0.1, -0.05) is 0 Å². The van der Waals surface area contributed by atoms with Gasteiger partial charge in [0.05, 0.1) is 12.2 Å². The van der Waals surface area contributed by atoms with Crippen molar-refractivity contribution in [3.8, 4) is 0 Å². The SMILES string of the molecule is CC(NC(=O)NC1(C(=O)O)CCOCC1)c1cn[nH]c1. The second kappa shape index (κ2) is 5.91. The Kier molecular flexibility index (Phi) is 4.23. The molecule has 1 saturated heterocycles. The fourth-order valence-corrected chi connectivity index (χ4v) is 2.14. The molecule has 0 saturated carbocycles. The summed E-state index contributed by atoms with van der Waals surface area (Å²) in [5.41, 5.74) is -0.435. The number of carbonyl (C=O) groups excluding carboxylic acids is 1. The van der Waals surface area contributed by atoms with Crippen molar-refractivity contribution in [3.63, 3.8) is 0 Å². The fourth-order valence-electron chi connectivity index (χ4n) is 2.14. The molecule has 1 fully saturated rings. The van der Waals surface area contributed by atoms with Gasteiger partial charge >= 0.3 is 12.0 Å². The molecule has 0 radical (unpaired) electrons. The number of urea groups is 1. The number of ether oxygens (including phenoxy) is 1. The maximum Gasteiger partial charge on any atom is 0.329 e. The standard InChI is InChI=1S/C12H18N4O4/c1-8(9-6-13-14-7-9)15-11(19)16-12(10(17)18)2-4-20-5-3-12/h6-8H,2-5H2,1H3,(H,13,14)(H,17,18)(H2,15,16,19). The van der Waals surface area contributed by atoms with Crippen molar-refractivity contribution >= 4 is 12.0 Å². The summed E-state index contributed by atoms with van der Waals surface area (Å²) in [6.07, 6.45) is 3.80. The number of carboxylic acid groups (broad SMARTS) is 1. The van der Waals surface area contributed by atoms with Crippen LogP contribution in [0.1, 0.15) is 31.4 Å². The fraction of sp³-hybridized carbons (Fsp3) is 0.583. The van der Waals surface area contributed by atoms with Crippen molar-refractivity contribution in [2.24, 2.45) is 0 Å². The molecule has 2 amide bonds. The van der Waals surface area contributed by atoms with Crippen LogP contribution in [-0.2, 0) is 9.53 Å². The van der Waals surface area contributed by atoms with E-state index in [1.54, 1.807) is 19.3 Å². The molecule has 8 nitrogen and oxygen atoms in total. The van der Waals surface area contributed by atoms with Crippen LogP contribution in [0.2, 0.25) is 0 Å². The first-order valence-electron chi connectivity index (χ1n) is 6.42. The van der Waals surface area contributed by atoms with Crippen LogP contribution in [0.15, 0.2) is 12.4 Å². The number of aliphatic carboxylic acids is 1. The Hall–Kier alpha value is -2.09. The van der Waals surface area contributed by atoms with Gasteiger partial charge in [-0.15, -0.1) is 0 Å². The van der Waals surface area contributed by atoms with Gasteiger partial charge in [0.25, 0.3) is 0 Å². The van der Waals surface area contributed by atoms with Gasteiger partial charge in [-0.25, -0.2) is 9.59 Å². The van der Waals surface area contributed by atoms with Gasteiger partial charge in [-0.3, -0.25) is 5.10 Å². The zero-order chi connectivity index (χ0) is 14.6. The van der Waals surface area contributed by atoms with E-state index < -0.39 is 17.5 Å². The van der Waals surface area contributed by atoms with Crippen molar-refractivity contribution in [1.82, 2.24) is 20.8 Å². The highest BCUT2D eigenvalue weighted by molar-refractivity contribution is 5.86. The minimum atomic E-state index is -1.25. The van der Waals surface area contributed by atoms with E-state index in [-0.39, 0.29) is 18.9 Å². The van der Waals surface area contributed by atoms with Crippen molar-refractivity contribution < 1.29 is 19.4 Å². The molecule has 1 aromatic rings. The maximum atomic E-state index is 12.0. The molecule has 2 heterocycles. The molecule has 0 aromatic carbocycles. The lowest BCUT2D eigenvalue weighted by atomic mass is 9.90. The molecule has 1 aromatic heterocycles. The highest BCUT2D eigenvalue weighted by Gasteiger charge is 2.41. The van der Waals surface area contributed by atoms with E-state index in [2.05, 4.69) is 20.8 Å². The number of amides is 2. The Morgan fingerprint density at radius 2 is 2.20 bits per heavy atom. The quantitative estimate of drug-likeness (QED) is 0.638. The van der Waals surface area contributed by atoms with Gasteiger partial charge in [0, 0.05) is 37.8 Å². The summed E-state index contributed by atoms with van der Waals surface area (Å²) >= 11 is 0. The number of aromatic nitrogens is 2. The highest BCUT2D eigenvalue weighted by atomic mass is 16.5. The third kappa shape index (κ3) is 3.08. The molecule has 1 aliphatic heterocycles. The second-order valence-electron chi connectivity index (χ2n) is 4.85. The van der Waals surface area contributed by atoms with Gasteiger partial charge in [0.2, 0.25) is 0 Å². The number of carbonyl (C=O) groups is 2. The van der Waals surface area contributed by atoms with Crippen molar-refractivity contribution in [2.45, 2.75) is 31.3 Å². The van der Waals surface area contributed by atoms with Crippen LogP contribution in [0.25, 0.3) is 0 Å². The summed E-state index contributed by atoms with van der Waals surface area (Å²) in [5.74, 6) is -1.04. The zero-order valence-corrected chi connectivity index (χ0v) is 11.2. The van der Waals surface area contributed by atoms with E-state index in [0.29, 0.717) is 13.2 Å². The lowest BCUT2D eigenvalue weighted by Gasteiger charge is -2.34. The number of hydrogen-bond acceptors (Lipinski definition) is 4. The molecule has 0 bridgehead atoms. The number of rotatable bonds is 4. The summed E-state index contributed by atoms with van der Waals surface area (Å²) in [4.78, 5) is 23.4. The minimum absolute atomic E-state index is 0.260. The first-order chi connectivity index (χ1) is 9.53. The molecular weight excluding hydrogens is 264 g/mol. The molecule has 2 rings (SSSR count). The lowest BCUT2D eigenvalue weighted by Crippen LogP contribution is -2.59. The van der Waals surface area contributed by atoms with Crippen LogP contribution in [0.4, 0.5) is 4.79 Å². The Bertz CT molecular complexity index is 468. The maximum absolute atomic E-state index is 12.0. The molecule has 20 heavy (non-hydrogen) atoms. The van der Waals surface area contributed by atoms with Crippen LogP contribution in [0.3, 0.4) is 0 Å². The molecule has 1 atom stereocenters. The van der Waals surface area contributed by atoms with E-state index in [1.165, 1.54) is 0 Å². The lowest BCUT2D eigenvalue weighted by molar-refractivity contribution is -0.148. The smallest absolute Gasteiger partial charge is 0.329 e. The number of hydrogen-bond donors (Lipinski definition) is 4. The van der Waals surface area contributed by atoms with E-state index in [0.717, 1.165) is 5.56 Å². The topological polar surface area (TPSA) is 116 Å². The van der Waals surface area contributed by atoms with Gasteiger partial charge in [-0.2, -0.15) is 5.10 Å². The predicted molar refractivity (Wildman–Crippen MR) is 69.1 cm³/mol. The molecule has 8 heteroatoms. The van der Waals surface area contributed by atoms with Crippen LogP contribution >= 0.6 is 0 Å². The second-order valence-corrected chi connectivity index (χ2v) is 4.85. The molecular formula is C12H18N4O4. The number of nitrogens with zero attached hydrogens (tertiary/aromatic N) is 1. The summed E-state index contributed by atoms with van der Waals surface area (Å²) in [7, 11) is 0. The number of H-pyrrole nitrogens is 1. The van der Waals surface area contributed by atoms with E-state index >= 15 is 0 Å². The van der Waals surface area contributed by atoms with Crippen LogP contribution in [0, 0.1) is 0 Å². The summed E-state index contributed by atoms with van der Waals surface area (Å²) in [5, 5.41) is 21.1. The number of aromatic amines is 1. The largest absolute Gasteiger partial charge is 0.480 e. The van der Waals surface area contributed by atoms with Gasteiger partial charge < -0.3 is 20.5 Å². The molecule has 0 spiro atoms. The van der Waals surface area contributed by atoms with Gasteiger partial charge in [0.15, 0.2) is 0 Å². The predicted octanol–water partition coefficient (Wildman–Crippen LogP) is 0.404. The third-order valence-corrected chi connectivity index (χ3v) is 3.48. The van der Waals surface area contributed by atoms with E-state index in [1.807, 2.05) is 0 Å². The highest BCUT2D eigenvalue weighted by Crippen LogP contribution is 2.21. The first-order valence-corrected chi connectivity index (χ1v) is 6.42. The normalized spacial score (nSPS) is 19.1. The van der Waals surface area contributed by atoms with Crippen LogP contribution in [-0.4, -0.2) is 46.1 Å². The molecule has 1 unspecified atom stereocenters. The summed E-state index contributed by atoms with van der Waals surface area (Å²) in [6, 6.07) is -0.776.